The minimum atomic E-state index is -0.598. The predicted octanol–water partition coefficient (Wildman–Crippen LogP) is 3.76. The third-order valence-corrected chi connectivity index (χ3v) is 5.07. The Morgan fingerprint density at radius 1 is 1.12 bits per heavy atom. The summed E-state index contributed by atoms with van der Waals surface area (Å²) in [5.74, 6) is -0.369. The summed E-state index contributed by atoms with van der Waals surface area (Å²) in [5, 5.41) is 3.12. The number of carbonyl (C=O) groups excluding carboxylic acids is 1. The second-order valence-corrected chi connectivity index (χ2v) is 6.68. The Balaban J connectivity index is 1.59. The molecule has 25 heavy (non-hydrogen) atoms. The van der Waals surface area contributed by atoms with Crippen molar-refractivity contribution in [1.82, 2.24) is 14.9 Å². The number of carbonyl (C=O) groups is 1. The molecule has 0 radical (unpaired) electrons. The average molecular weight is 337 g/mol. The lowest BCUT2D eigenvalue weighted by Gasteiger charge is -2.31. The lowest BCUT2D eigenvalue weighted by molar-refractivity contribution is -0.123. The Bertz CT molecular complexity index is 912. The van der Waals surface area contributed by atoms with E-state index in [1.807, 2.05) is 34.9 Å². The minimum Gasteiger partial charge on any atom is -0.345 e. The van der Waals surface area contributed by atoms with Crippen molar-refractivity contribution in [2.75, 3.05) is 0 Å². The predicted molar refractivity (Wildman–Crippen MR) is 94.4 cm³/mol. The normalized spacial score (nSPS) is 16.2. The smallest absolute Gasteiger partial charge is 0.240 e. The quantitative estimate of drug-likeness (QED) is 0.788. The number of nitrogens with one attached hydrogen (secondary N) is 1. The number of imidazole rings is 1. The van der Waals surface area contributed by atoms with Crippen LogP contribution in [0.5, 0.6) is 0 Å². The number of halogens is 1. The van der Waals surface area contributed by atoms with Crippen LogP contribution in [0.2, 0.25) is 0 Å². The number of hydrogen-bond donors (Lipinski definition) is 1. The van der Waals surface area contributed by atoms with Crippen LogP contribution in [-0.4, -0.2) is 15.5 Å². The van der Waals surface area contributed by atoms with Gasteiger partial charge in [-0.1, -0.05) is 43.2 Å². The zero-order chi connectivity index (χ0) is 17.3. The average Bonchev–Trinajstić information content (AvgIpc) is 3.24. The molecule has 5 heteroatoms. The van der Waals surface area contributed by atoms with E-state index in [1.165, 1.54) is 6.07 Å². The van der Waals surface area contributed by atoms with Crippen molar-refractivity contribution in [3.63, 3.8) is 0 Å². The van der Waals surface area contributed by atoms with E-state index in [1.54, 1.807) is 18.5 Å². The van der Waals surface area contributed by atoms with Crippen LogP contribution in [0.4, 0.5) is 4.39 Å². The van der Waals surface area contributed by atoms with E-state index in [0.29, 0.717) is 5.56 Å². The highest BCUT2D eigenvalue weighted by Crippen LogP contribution is 2.39. The summed E-state index contributed by atoms with van der Waals surface area (Å²) in [7, 11) is 0. The summed E-state index contributed by atoms with van der Waals surface area (Å²) < 4.78 is 16.2. The molecule has 4 rings (SSSR count). The first-order valence-corrected chi connectivity index (χ1v) is 8.64. The van der Waals surface area contributed by atoms with Crippen LogP contribution in [0.1, 0.15) is 31.2 Å². The number of para-hydroxylation sites is 2. The fourth-order valence-corrected chi connectivity index (χ4v) is 3.89. The topological polar surface area (TPSA) is 46.9 Å². The Morgan fingerprint density at radius 2 is 1.84 bits per heavy atom. The first kappa shape index (κ1) is 15.8. The maximum absolute atomic E-state index is 14.4. The molecule has 4 nitrogen and oxygen atoms in total. The molecule has 128 valence electrons. The summed E-state index contributed by atoms with van der Waals surface area (Å²) in [4.78, 5) is 17.0. The van der Waals surface area contributed by atoms with E-state index in [-0.39, 0.29) is 18.3 Å². The van der Waals surface area contributed by atoms with Gasteiger partial charge in [0.05, 0.1) is 22.9 Å². The monoisotopic (exact) mass is 337 g/mol. The van der Waals surface area contributed by atoms with E-state index in [0.717, 1.165) is 36.7 Å². The fraction of sp³-hybridized carbons (Fsp3) is 0.300. The molecule has 3 aromatic rings. The number of nitrogens with zero attached hydrogens (tertiary/aromatic N) is 2. The molecule has 2 aromatic carbocycles. The van der Waals surface area contributed by atoms with Crippen molar-refractivity contribution in [2.45, 2.75) is 37.8 Å². The third-order valence-electron chi connectivity index (χ3n) is 5.07. The van der Waals surface area contributed by atoms with Gasteiger partial charge in [0.25, 0.3) is 0 Å². The molecule has 0 aliphatic heterocycles. The highest BCUT2D eigenvalue weighted by atomic mass is 19.1. The van der Waals surface area contributed by atoms with Gasteiger partial charge in [-0.15, -0.1) is 0 Å². The third kappa shape index (κ3) is 2.90. The summed E-state index contributed by atoms with van der Waals surface area (Å²) in [5.41, 5.74) is 1.78. The number of fused-ring (bicyclic) bond motifs is 1. The van der Waals surface area contributed by atoms with Gasteiger partial charge in [0.1, 0.15) is 12.4 Å². The number of benzene rings is 2. The highest BCUT2D eigenvalue weighted by molar-refractivity contribution is 5.81. The van der Waals surface area contributed by atoms with Crippen LogP contribution in [0.15, 0.2) is 54.9 Å². The van der Waals surface area contributed by atoms with Crippen LogP contribution < -0.4 is 5.32 Å². The summed E-state index contributed by atoms with van der Waals surface area (Å²) in [6.07, 6.45) is 5.19. The lowest BCUT2D eigenvalue weighted by atomic mass is 9.87. The first-order valence-electron chi connectivity index (χ1n) is 8.64. The SMILES string of the molecule is O=C(Cn1cnc2ccccc21)NC1(c2ccccc2F)CCCC1. The van der Waals surface area contributed by atoms with Gasteiger partial charge in [0.2, 0.25) is 5.91 Å². The molecule has 0 bridgehead atoms. The largest absolute Gasteiger partial charge is 0.345 e. The molecule has 1 saturated carbocycles. The van der Waals surface area contributed by atoms with Gasteiger partial charge in [-0.2, -0.15) is 0 Å². The van der Waals surface area contributed by atoms with Crippen LogP contribution in [-0.2, 0) is 16.9 Å². The van der Waals surface area contributed by atoms with Gasteiger partial charge in [-0.3, -0.25) is 4.79 Å². The number of rotatable bonds is 4. The molecule has 0 atom stereocenters. The van der Waals surface area contributed by atoms with Gasteiger partial charge in [0.15, 0.2) is 0 Å². The summed E-state index contributed by atoms with van der Waals surface area (Å²) in [6.45, 7) is 0.177. The van der Waals surface area contributed by atoms with E-state index in [4.69, 9.17) is 0 Å². The van der Waals surface area contributed by atoms with Crippen molar-refractivity contribution < 1.29 is 9.18 Å². The molecule has 1 fully saturated rings. The fourth-order valence-electron chi connectivity index (χ4n) is 3.89. The Morgan fingerprint density at radius 3 is 2.64 bits per heavy atom. The van der Waals surface area contributed by atoms with Crippen molar-refractivity contribution in [1.29, 1.82) is 0 Å². The molecular formula is C20H20FN3O. The lowest BCUT2D eigenvalue weighted by Crippen LogP contribution is -2.45. The maximum Gasteiger partial charge on any atom is 0.240 e. The Hall–Kier alpha value is -2.69. The molecule has 0 spiro atoms. The molecular weight excluding hydrogens is 317 g/mol. The highest BCUT2D eigenvalue weighted by Gasteiger charge is 2.38. The van der Waals surface area contributed by atoms with E-state index in [9.17, 15) is 9.18 Å². The van der Waals surface area contributed by atoms with E-state index < -0.39 is 5.54 Å². The Kier molecular flexibility index (Phi) is 3.99. The van der Waals surface area contributed by atoms with Gasteiger partial charge in [-0.25, -0.2) is 9.37 Å². The van der Waals surface area contributed by atoms with Gasteiger partial charge in [-0.05, 0) is 31.0 Å². The van der Waals surface area contributed by atoms with E-state index >= 15 is 0 Å². The van der Waals surface area contributed by atoms with Crippen molar-refractivity contribution in [3.05, 3.63) is 66.2 Å². The molecule has 0 saturated heterocycles. The molecule has 1 N–H and O–H groups in total. The second-order valence-electron chi connectivity index (χ2n) is 6.68. The van der Waals surface area contributed by atoms with Crippen molar-refractivity contribution in [2.24, 2.45) is 0 Å². The molecule has 1 aromatic heterocycles. The molecule has 1 aliphatic rings. The van der Waals surface area contributed by atoms with Gasteiger partial charge >= 0.3 is 0 Å². The molecule has 1 amide bonds. The van der Waals surface area contributed by atoms with Gasteiger partial charge in [0, 0.05) is 5.56 Å². The number of hydrogen-bond acceptors (Lipinski definition) is 2. The Labute approximate surface area is 145 Å². The van der Waals surface area contributed by atoms with E-state index in [2.05, 4.69) is 10.3 Å². The number of aromatic nitrogens is 2. The minimum absolute atomic E-state index is 0.117. The summed E-state index contributed by atoms with van der Waals surface area (Å²) >= 11 is 0. The standard InChI is InChI=1S/C20H20FN3O/c21-16-8-2-1-7-15(16)20(11-5-6-12-20)23-19(25)13-24-14-22-17-9-3-4-10-18(17)24/h1-4,7-10,14H,5-6,11-13H2,(H,23,25). The zero-order valence-corrected chi connectivity index (χ0v) is 13.9. The number of amides is 1. The molecule has 1 heterocycles. The van der Waals surface area contributed by atoms with Crippen molar-refractivity contribution >= 4 is 16.9 Å². The van der Waals surface area contributed by atoms with Crippen LogP contribution >= 0.6 is 0 Å². The molecule has 0 unspecified atom stereocenters. The molecule has 1 aliphatic carbocycles. The van der Waals surface area contributed by atoms with Crippen LogP contribution in [0.25, 0.3) is 11.0 Å². The first-order chi connectivity index (χ1) is 12.2. The van der Waals surface area contributed by atoms with Gasteiger partial charge < -0.3 is 9.88 Å². The van der Waals surface area contributed by atoms with Crippen LogP contribution in [0.3, 0.4) is 0 Å². The summed E-state index contributed by atoms with van der Waals surface area (Å²) in [6, 6.07) is 14.5. The van der Waals surface area contributed by atoms with Crippen LogP contribution in [0, 0.1) is 5.82 Å². The second kappa shape index (κ2) is 6.31. The zero-order valence-electron chi connectivity index (χ0n) is 13.9. The maximum atomic E-state index is 14.4. The van der Waals surface area contributed by atoms with Crippen molar-refractivity contribution in [3.8, 4) is 0 Å².